The highest BCUT2D eigenvalue weighted by molar-refractivity contribution is 7.99. The summed E-state index contributed by atoms with van der Waals surface area (Å²) in [6.07, 6.45) is 0. The number of aromatic nitrogens is 3. The standard InChI is InChI=1S/C9H15N5OS/c1-10-7-11-8(13-9(12-7)15-2)14-3-5-16-6-4-14/h3-6H2,1-2H3,(H,10,11,12,13). The van der Waals surface area contributed by atoms with Crippen molar-refractivity contribution < 1.29 is 4.74 Å². The van der Waals surface area contributed by atoms with Crippen molar-refractivity contribution in [2.45, 2.75) is 0 Å². The van der Waals surface area contributed by atoms with Gasteiger partial charge in [-0.25, -0.2) is 0 Å². The number of hydrogen-bond acceptors (Lipinski definition) is 7. The number of methoxy groups -OCH3 is 1. The van der Waals surface area contributed by atoms with Gasteiger partial charge in [-0.05, 0) is 0 Å². The van der Waals surface area contributed by atoms with E-state index in [4.69, 9.17) is 4.74 Å². The molecule has 2 heterocycles. The molecule has 0 bridgehead atoms. The van der Waals surface area contributed by atoms with Crippen LogP contribution in [0.25, 0.3) is 0 Å². The molecular formula is C9H15N5OS. The molecule has 7 heteroatoms. The number of hydrogen-bond donors (Lipinski definition) is 1. The number of anilines is 2. The van der Waals surface area contributed by atoms with Crippen LogP contribution in [0.1, 0.15) is 0 Å². The van der Waals surface area contributed by atoms with Gasteiger partial charge in [0.2, 0.25) is 11.9 Å². The van der Waals surface area contributed by atoms with Crippen LogP contribution in [-0.4, -0.2) is 53.7 Å². The van der Waals surface area contributed by atoms with E-state index in [0.29, 0.717) is 17.9 Å². The van der Waals surface area contributed by atoms with E-state index in [1.165, 1.54) is 0 Å². The first-order valence-corrected chi connectivity index (χ1v) is 6.29. The molecule has 2 rings (SSSR count). The normalized spacial score (nSPS) is 16.0. The largest absolute Gasteiger partial charge is 0.467 e. The Kier molecular flexibility index (Phi) is 3.66. The van der Waals surface area contributed by atoms with Gasteiger partial charge >= 0.3 is 6.01 Å². The van der Waals surface area contributed by atoms with Gasteiger partial charge in [-0.1, -0.05) is 0 Å². The van der Waals surface area contributed by atoms with Crippen LogP contribution in [0.3, 0.4) is 0 Å². The molecule has 6 nitrogen and oxygen atoms in total. The third-order valence-electron chi connectivity index (χ3n) is 2.30. The van der Waals surface area contributed by atoms with Gasteiger partial charge in [0.15, 0.2) is 0 Å². The van der Waals surface area contributed by atoms with Crippen LogP contribution in [0, 0.1) is 0 Å². The molecule has 0 atom stereocenters. The molecule has 0 aromatic carbocycles. The summed E-state index contributed by atoms with van der Waals surface area (Å²) in [5, 5.41) is 2.91. The lowest BCUT2D eigenvalue weighted by Gasteiger charge is -2.26. The number of nitrogens with zero attached hydrogens (tertiary/aromatic N) is 4. The van der Waals surface area contributed by atoms with Gasteiger partial charge in [0.25, 0.3) is 0 Å². The van der Waals surface area contributed by atoms with Crippen molar-refractivity contribution in [1.29, 1.82) is 0 Å². The first-order chi connectivity index (χ1) is 7.83. The van der Waals surface area contributed by atoms with Gasteiger partial charge in [-0.15, -0.1) is 0 Å². The summed E-state index contributed by atoms with van der Waals surface area (Å²) < 4.78 is 5.05. The average molecular weight is 241 g/mol. The summed E-state index contributed by atoms with van der Waals surface area (Å²) in [6, 6.07) is 0.354. The molecule has 0 radical (unpaired) electrons. The first-order valence-electron chi connectivity index (χ1n) is 5.14. The van der Waals surface area contributed by atoms with Gasteiger partial charge in [0, 0.05) is 31.6 Å². The first kappa shape index (κ1) is 11.3. The minimum Gasteiger partial charge on any atom is -0.467 e. The fourth-order valence-electron chi connectivity index (χ4n) is 1.45. The minimum atomic E-state index is 0.354. The van der Waals surface area contributed by atoms with Crippen LogP contribution < -0.4 is 15.0 Å². The molecule has 16 heavy (non-hydrogen) atoms. The second-order valence-electron chi connectivity index (χ2n) is 3.30. The van der Waals surface area contributed by atoms with E-state index < -0.39 is 0 Å². The summed E-state index contributed by atoms with van der Waals surface area (Å²) in [7, 11) is 3.34. The van der Waals surface area contributed by atoms with Crippen LogP contribution in [0.15, 0.2) is 0 Å². The molecule has 1 fully saturated rings. The fraction of sp³-hybridized carbons (Fsp3) is 0.667. The van der Waals surface area contributed by atoms with E-state index in [-0.39, 0.29) is 0 Å². The Morgan fingerprint density at radius 2 is 2.00 bits per heavy atom. The zero-order chi connectivity index (χ0) is 11.4. The molecule has 1 N–H and O–H groups in total. The number of rotatable bonds is 3. The third-order valence-corrected chi connectivity index (χ3v) is 3.25. The van der Waals surface area contributed by atoms with E-state index in [1.807, 2.05) is 11.8 Å². The molecule has 1 aliphatic heterocycles. The molecule has 1 aromatic heterocycles. The number of nitrogens with one attached hydrogen (secondary N) is 1. The van der Waals surface area contributed by atoms with E-state index in [0.717, 1.165) is 24.6 Å². The maximum Gasteiger partial charge on any atom is 0.322 e. The SMILES string of the molecule is CNc1nc(OC)nc(N2CCSCC2)n1. The van der Waals surface area contributed by atoms with Crippen molar-refractivity contribution in [3.05, 3.63) is 0 Å². The van der Waals surface area contributed by atoms with Crippen molar-refractivity contribution in [3.63, 3.8) is 0 Å². The third kappa shape index (κ3) is 2.46. The fourth-order valence-corrected chi connectivity index (χ4v) is 2.36. The highest BCUT2D eigenvalue weighted by atomic mass is 32.2. The van der Waals surface area contributed by atoms with Crippen molar-refractivity contribution in [2.75, 3.05) is 49.0 Å². The lowest BCUT2D eigenvalue weighted by molar-refractivity contribution is 0.379. The van der Waals surface area contributed by atoms with Crippen LogP contribution in [0.2, 0.25) is 0 Å². The Hall–Kier alpha value is -1.24. The monoisotopic (exact) mass is 241 g/mol. The zero-order valence-electron chi connectivity index (χ0n) is 9.43. The smallest absolute Gasteiger partial charge is 0.322 e. The Balaban J connectivity index is 2.24. The summed E-state index contributed by atoms with van der Waals surface area (Å²) >= 11 is 1.95. The summed E-state index contributed by atoms with van der Waals surface area (Å²) in [5.41, 5.74) is 0. The number of thioether (sulfide) groups is 1. The molecule has 1 aliphatic rings. The van der Waals surface area contributed by atoms with Gasteiger partial charge in [0.1, 0.15) is 0 Å². The quantitative estimate of drug-likeness (QED) is 0.825. The van der Waals surface area contributed by atoms with Crippen LogP contribution >= 0.6 is 11.8 Å². The molecular weight excluding hydrogens is 226 g/mol. The minimum absolute atomic E-state index is 0.354. The number of ether oxygens (including phenoxy) is 1. The van der Waals surface area contributed by atoms with Gasteiger partial charge < -0.3 is 15.0 Å². The molecule has 0 spiro atoms. The van der Waals surface area contributed by atoms with Crippen LogP contribution in [-0.2, 0) is 0 Å². The lowest BCUT2D eigenvalue weighted by Crippen LogP contribution is -2.34. The highest BCUT2D eigenvalue weighted by Crippen LogP contribution is 2.18. The van der Waals surface area contributed by atoms with Crippen molar-refractivity contribution in [1.82, 2.24) is 15.0 Å². The topological polar surface area (TPSA) is 63.2 Å². The maximum atomic E-state index is 5.05. The van der Waals surface area contributed by atoms with Crippen LogP contribution in [0.4, 0.5) is 11.9 Å². The Bertz CT molecular complexity index is 334. The van der Waals surface area contributed by atoms with E-state index in [2.05, 4.69) is 25.2 Å². The van der Waals surface area contributed by atoms with E-state index in [9.17, 15) is 0 Å². The van der Waals surface area contributed by atoms with E-state index >= 15 is 0 Å². The Morgan fingerprint density at radius 3 is 2.62 bits per heavy atom. The molecule has 0 unspecified atom stereocenters. The van der Waals surface area contributed by atoms with Crippen molar-refractivity contribution >= 4 is 23.7 Å². The van der Waals surface area contributed by atoms with Gasteiger partial charge in [-0.3, -0.25) is 0 Å². The zero-order valence-corrected chi connectivity index (χ0v) is 10.3. The highest BCUT2D eigenvalue weighted by Gasteiger charge is 2.16. The van der Waals surface area contributed by atoms with Crippen LogP contribution in [0.5, 0.6) is 6.01 Å². The lowest BCUT2D eigenvalue weighted by atomic mass is 10.5. The molecule has 0 saturated carbocycles. The maximum absolute atomic E-state index is 5.05. The van der Waals surface area contributed by atoms with Crippen molar-refractivity contribution in [3.8, 4) is 6.01 Å². The second kappa shape index (κ2) is 5.20. The average Bonchev–Trinajstić information content (AvgIpc) is 2.39. The Morgan fingerprint density at radius 1 is 1.25 bits per heavy atom. The van der Waals surface area contributed by atoms with Gasteiger partial charge in [-0.2, -0.15) is 26.7 Å². The molecule has 88 valence electrons. The molecule has 0 amide bonds. The predicted molar refractivity (Wildman–Crippen MR) is 65.5 cm³/mol. The predicted octanol–water partition coefficient (Wildman–Crippen LogP) is 0.475. The van der Waals surface area contributed by atoms with Gasteiger partial charge in [0.05, 0.1) is 7.11 Å². The van der Waals surface area contributed by atoms with Crippen molar-refractivity contribution in [2.24, 2.45) is 0 Å². The van der Waals surface area contributed by atoms with E-state index in [1.54, 1.807) is 14.2 Å². The summed E-state index contributed by atoms with van der Waals surface area (Å²) in [5.74, 6) is 3.46. The molecule has 0 aliphatic carbocycles. The second-order valence-corrected chi connectivity index (χ2v) is 4.52. The summed E-state index contributed by atoms with van der Waals surface area (Å²) in [6.45, 7) is 1.95. The Labute approximate surface area is 98.8 Å². The molecule has 1 aromatic rings. The summed E-state index contributed by atoms with van der Waals surface area (Å²) in [4.78, 5) is 14.8. The molecule has 1 saturated heterocycles.